The lowest BCUT2D eigenvalue weighted by atomic mass is 9.83. The monoisotopic (exact) mass is 369 g/mol. The van der Waals surface area contributed by atoms with Crippen LogP contribution >= 0.6 is 0 Å². The summed E-state index contributed by atoms with van der Waals surface area (Å²) in [6.45, 7) is 4.42. The van der Waals surface area contributed by atoms with Gasteiger partial charge in [-0.15, -0.1) is 0 Å². The van der Waals surface area contributed by atoms with Crippen LogP contribution in [0.15, 0.2) is 24.3 Å². The SMILES string of the molecule is COc1cc([C@H]2CC(=O)Nc3cc4c(cc32)OCO4)c(OC)cc1C(C)C. The van der Waals surface area contributed by atoms with E-state index in [1.165, 1.54) is 0 Å². The van der Waals surface area contributed by atoms with Crippen molar-refractivity contribution in [1.29, 1.82) is 0 Å². The quantitative estimate of drug-likeness (QED) is 0.881. The Morgan fingerprint density at radius 1 is 1.00 bits per heavy atom. The van der Waals surface area contributed by atoms with E-state index >= 15 is 0 Å². The number of methoxy groups -OCH3 is 2. The second-order valence-corrected chi connectivity index (χ2v) is 7.09. The summed E-state index contributed by atoms with van der Waals surface area (Å²) in [5, 5.41) is 2.94. The highest BCUT2D eigenvalue weighted by Crippen LogP contribution is 2.48. The molecule has 1 atom stereocenters. The van der Waals surface area contributed by atoms with Crippen LogP contribution < -0.4 is 24.3 Å². The largest absolute Gasteiger partial charge is 0.496 e. The highest BCUT2D eigenvalue weighted by Gasteiger charge is 2.32. The molecule has 142 valence electrons. The minimum absolute atomic E-state index is 0.0414. The molecule has 0 bridgehead atoms. The maximum Gasteiger partial charge on any atom is 0.231 e. The molecule has 6 nitrogen and oxygen atoms in total. The molecular formula is C21H23NO5. The van der Waals surface area contributed by atoms with E-state index in [1.54, 1.807) is 14.2 Å². The third kappa shape index (κ3) is 2.95. The van der Waals surface area contributed by atoms with Crippen molar-refractivity contribution >= 4 is 11.6 Å². The predicted octanol–water partition coefficient (Wildman–Crippen LogP) is 4.03. The highest BCUT2D eigenvalue weighted by atomic mass is 16.7. The van der Waals surface area contributed by atoms with Crippen molar-refractivity contribution in [3.63, 3.8) is 0 Å². The molecule has 0 unspecified atom stereocenters. The molecule has 2 aromatic carbocycles. The first-order valence-electron chi connectivity index (χ1n) is 9.01. The highest BCUT2D eigenvalue weighted by molar-refractivity contribution is 5.96. The Balaban J connectivity index is 1.88. The summed E-state index contributed by atoms with van der Waals surface area (Å²) in [7, 11) is 3.32. The van der Waals surface area contributed by atoms with E-state index in [2.05, 4.69) is 19.2 Å². The van der Waals surface area contributed by atoms with Crippen molar-refractivity contribution < 1.29 is 23.7 Å². The van der Waals surface area contributed by atoms with E-state index < -0.39 is 0 Å². The Morgan fingerprint density at radius 2 is 1.70 bits per heavy atom. The Bertz CT molecular complexity index is 906. The molecule has 0 spiro atoms. The predicted molar refractivity (Wildman–Crippen MR) is 101 cm³/mol. The first-order valence-corrected chi connectivity index (χ1v) is 9.01. The Kier molecular flexibility index (Phi) is 4.34. The number of hydrogen-bond donors (Lipinski definition) is 1. The third-order valence-electron chi connectivity index (χ3n) is 5.16. The summed E-state index contributed by atoms with van der Waals surface area (Å²) in [5.74, 6) is 2.98. The number of nitrogens with one attached hydrogen (secondary N) is 1. The molecule has 6 heteroatoms. The standard InChI is InChI=1S/C21H23NO5/c1-11(2)12-5-18(25-4)15(7-17(12)24-3)13-8-21(23)22-16-9-20-19(6-14(13)16)26-10-27-20/h5-7,9,11,13H,8,10H2,1-4H3,(H,22,23)/t13-/m0/s1. The maximum absolute atomic E-state index is 12.4. The van der Waals surface area contributed by atoms with Crippen LogP contribution in [0.2, 0.25) is 0 Å². The molecule has 2 heterocycles. The summed E-state index contributed by atoms with van der Waals surface area (Å²) < 4.78 is 22.3. The summed E-state index contributed by atoms with van der Waals surface area (Å²) >= 11 is 0. The normalized spacial score (nSPS) is 17.5. The van der Waals surface area contributed by atoms with Crippen LogP contribution in [0.25, 0.3) is 0 Å². The van der Waals surface area contributed by atoms with Crippen molar-refractivity contribution in [3.8, 4) is 23.0 Å². The molecule has 2 aliphatic heterocycles. The molecule has 1 amide bonds. The fraction of sp³-hybridized carbons (Fsp3) is 0.381. The van der Waals surface area contributed by atoms with Gasteiger partial charge in [-0.1, -0.05) is 13.8 Å². The van der Waals surface area contributed by atoms with Gasteiger partial charge >= 0.3 is 0 Å². The molecule has 0 fully saturated rings. The van der Waals surface area contributed by atoms with Crippen LogP contribution in [-0.2, 0) is 4.79 Å². The van der Waals surface area contributed by atoms with Gasteiger partial charge in [0.05, 0.1) is 14.2 Å². The first-order chi connectivity index (χ1) is 13.0. The third-order valence-corrected chi connectivity index (χ3v) is 5.16. The van der Waals surface area contributed by atoms with Crippen LogP contribution in [0.1, 0.15) is 48.8 Å². The summed E-state index contributed by atoms with van der Waals surface area (Å²) in [5.41, 5.74) is 3.73. The first kappa shape index (κ1) is 17.5. The van der Waals surface area contributed by atoms with Gasteiger partial charge in [-0.25, -0.2) is 0 Å². The van der Waals surface area contributed by atoms with Gasteiger partial charge in [0.1, 0.15) is 11.5 Å². The molecule has 0 saturated heterocycles. The second-order valence-electron chi connectivity index (χ2n) is 7.09. The molecule has 27 heavy (non-hydrogen) atoms. The zero-order valence-corrected chi connectivity index (χ0v) is 15.9. The smallest absolute Gasteiger partial charge is 0.231 e. The van der Waals surface area contributed by atoms with Gasteiger partial charge in [-0.05, 0) is 29.7 Å². The van der Waals surface area contributed by atoms with Crippen molar-refractivity contribution in [2.45, 2.75) is 32.1 Å². The van der Waals surface area contributed by atoms with Gasteiger partial charge in [-0.2, -0.15) is 0 Å². The van der Waals surface area contributed by atoms with Crippen LogP contribution in [0.4, 0.5) is 5.69 Å². The van der Waals surface area contributed by atoms with Crippen molar-refractivity contribution in [3.05, 3.63) is 41.0 Å². The number of ether oxygens (including phenoxy) is 4. The maximum atomic E-state index is 12.4. The average molecular weight is 369 g/mol. The molecule has 2 aliphatic rings. The number of fused-ring (bicyclic) bond motifs is 2. The van der Waals surface area contributed by atoms with Gasteiger partial charge in [-0.3, -0.25) is 4.79 Å². The number of anilines is 1. The van der Waals surface area contributed by atoms with Gasteiger partial charge in [0.25, 0.3) is 0 Å². The molecule has 2 aromatic rings. The van der Waals surface area contributed by atoms with Crippen molar-refractivity contribution in [2.75, 3.05) is 26.3 Å². The Hall–Kier alpha value is -2.89. The summed E-state index contributed by atoms with van der Waals surface area (Å²) in [6, 6.07) is 7.78. The topological polar surface area (TPSA) is 66.0 Å². The van der Waals surface area contributed by atoms with Gasteiger partial charge < -0.3 is 24.3 Å². The van der Waals surface area contributed by atoms with E-state index in [0.29, 0.717) is 23.8 Å². The van der Waals surface area contributed by atoms with Crippen molar-refractivity contribution in [2.24, 2.45) is 0 Å². The zero-order chi connectivity index (χ0) is 19.1. The van der Waals surface area contributed by atoms with Gasteiger partial charge in [0.15, 0.2) is 11.5 Å². The molecule has 0 saturated carbocycles. The van der Waals surface area contributed by atoms with E-state index in [-0.39, 0.29) is 18.6 Å². The van der Waals surface area contributed by atoms with Gasteiger partial charge in [0.2, 0.25) is 12.7 Å². The van der Waals surface area contributed by atoms with Crippen LogP contribution in [-0.4, -0.2) is 26.9 Å². The van der Waals surface area contributed by atoms with Gasteiger partial charge in [0, 0.05) is 35.2 Å². The minimum Gasteiger partial charge on any atom is -0.496 e. The van der Waals surface area contributed by atoms with Crippen LogP contribution in [0.5, 0.6) is 23.0 Å². The lowest BCUT2D eigenvalue weighted by Gasteiger charge is -2.28. The number of carbonyl (C=O) groups is 1. The molecule has 0 aliphatic carbocycles. The summed E-state index contributed by atoms with van der Waals surface area (Å²) in [4.78, 5) is 12.4. The number of hydrogen-bond acceptors (Lipinski definition) is 5. The Morgan fingerprint density at radius 3 is 2.37 bits per heavy atom. The van der Waals surface area contributed by atoms with E-state index in [9.17, 15) is 4.79 Å². The molecule has 4 rings (SSSR count). The van der Waals surface area contributed by atoms with Crippen molar-refractivity contribution in [1.82, 2.24) is 0 Å². The summed E-state index contributed by atoms with van der Waals surface area (Å²) in [6.07, 6.45) is 0.327. The average Bonchev–Trinajstić information content (AvgIpc) is 3.11. The number of benzene rings is 2. The van der Waals surface area contributed by atoms with E-state index in [0.717, 1.165) is 33.9 Å². The molecule has 1 N–H and O–H groups in total. The fourth-order valence-corrected chi connectivity index (χ4v) is 3.80. The number of rotatable bonds is 4. The van der Waals surface area contributed by atoms with E-state index in [1.807, 2.05) is 24.3 Å². The second kappa shape index (κ2) is 6.68. The number of carbonyl (C=O) groups excluding carboxylic acids is 1. The zero-order valence-electron chi connectivity index (χ0n) is 15.9. The fourth-order valence-electron chi connectivity index (χ4n) is 3.80. The molecular weight excluding hydrogens is 346 g/mol. The number of amides is 1. The van der Waals surface area contributed by atoms with E-state index in [4.69, 9.17) is 18.9 Å². The minimum atomic E-state index is -0.159. The van der Waals surface area contributed by atoms with Crippen LogP contribution in [0, 0.1) is 0 Å². The molecule has 0 radical (unpaired) electrons. The lowest BCUT2D eigenvalue weighted by molar-refractivity contribution is -0.116. The van der Waals surface area contributed by atoms with Crippen LogP contribution in [0.3, 0.4) is 0 Å². The molecule has 0 aromatic heterocycles. The Labute approximate surface area is 158 Å². The lowest BCUT2D eigenvalue weighted by Crippen LogP contribution is -2.24.